The van der Waals surface area contributed by atoms with E-state index in [0.717, 1.165) is 12.0 Å². The van der Waals surface area contributed by atoms with Crippen LogP contribution in [0.5, 0.6) is 6.01 Å². The summed E-state index contributed by atoms with van der Waals surface area (Å²) in [6.45, 7) is 20.2. The molecule has 218 valence electrons. The quantitative estimate of drug-likeness (QED) is 0.303. The van der Waals surface area contributed by atoms with Gasteiger partial charge in [0.05, 0.1) is 0 Å². The fraction of sp³-hybridized carbons (Fsp3) is 0.743. The second kappa shape index (κ2) is 9.24. The molecule has 4 saturated carbocycles. The van der Waals surface area contributed by atoms with Crippen LogP contribution in [-0.4, -0.2) is 28.2 Å². The van der Waals surface area contributed by atoms with Crippen LogP contribution in [0.15, 0.2) is 30.6 Å². The molecule has 0 aromatic carbocycles. The summed E-state index contributed by atoms with van der Waals surface area (Å²) >= 11 is 0. The van der Waals surface area contributed by atoms with E-state index in [2.05, 4.69) is 64.2 Å². The number of aromatic nitrogens is 2. The van der Waals surface area contributed by atoms with Crippen molar-refractivity contribution >= 4 is 12.0 Å². The molecule has 1 aromatic heterocycles. The molecule has 5 nitrogen and oxygen atoms in total. The van der Waals surface area contributed by atoms with E-state index in [1.165, 1.54) is 62.5 Å². The van der Waals surface area contributed by atoms with Gasteiger partial charge in [-0.05, 0) is 127 Å². The zero-order chi connectivity index (χ0) is 28.7. The summed E-state index contributed by atoms with van der Waals surface area (Å²) in [5, 5.41) is 10.8. The van der Waals surface area contributed by atoms with Crippen LogP contribution in [0, 0.1) is 56.7 Å². The van der Waals surface area contributed by atoms with E-state index >= 15 is 0 Å². The molecule has 4 fully saturated rings. The molecule has 0 radical (unpaired) electrons. The van der Waals surface area contributed by atoms with Crippen molar-refractivity contribution in [2.24, 2.45) is 56.7 Å². The van der Waals surface area contributed by atoms with E-state index < -0.39 is 0 Å². The average molecular weight is 547 g/mol. The van der Waals surface area contributed by atoms with Crippen molar-refractivity contribution in [1.82, 2.24) is 9.97 Å². The summed E-state index contributed by atoms with van der Waals surface area (Å²) in [6.07, 6.45) is 17.1. The molecule has 0 amide bonds. The van der Waals surface area contributed by atoms with E-state index in [1.807, 2.05) is 12.4 Å². The van der Waals surface area contributed by atoms with Crippen LogP contribution in [-0.2, 0) is 4.79 Å². The number of aliphatic hydroxyl groups is 1. The predicted octanol–water partition coefficient (Wildman–Crippen LogP) is 7.66. The van der Waals surface area contributed by atoms with Crippen LogP contribution in [0.2, 0.25) is 0 Å². The Morgan fingerprint density at radius 2 is 1.73 bits per heavy atom. The normalized spacial score (nSPS) is 45.3. The Kier molecular flexibility index (Phi) is 6.50. The average Bonchev–Trinajstić information content (AvgIpc) is 3.30. The van der Waals surface area contributed by atoms with E-state index in [-0.39, 0.29) is 22.3 Å². The summed E-state index contributed by atoms with van der Waals surface area (Å²) in [6, 6.07) is 0.102. The minimum Gasteiger partial charge on any atom is -0.396 e. The molecule has 5 aliphatic carbocycles. The smallest absolute Gasteiger partial charge is 0.324 e. The maximum absolute atomic E-state index is 10.8. The minimum atomic E-state index is -0.00240. The van der Waals surface area contributed by atoms with Gasteiger partial charge in [-0.2, -0.15) is 0 Å². The molecule has 40 heavy (non-hydrogen) atoms. The maximum Gasteiger partial charge on any atom is 0.324 e. The van der Waals surface area contributed by atoms with Crippen molar-refractivity contribution in [3.05, 3.63) is 36.2 Å². The van der Waals surface area contributed by atoms with Crippen molar-refractivity contribution in [1.29, 1.82) is 0 Å². The number of allylic oxidation sites excluding steroid dienone is 3. The van der Waals surface area contributed by atoms with Gasteiger partial charge in [0.25, 0.3) is 0 Å². The molecule has 0 unspecified atom stereocenters. The number of hydrogen-bond acceptors (Lipinski definition) is 5. The molecule has 5 heteroatoms. The van der Waals surface area contributed by atoms with Gasteiger partial charge in [-0.25, -0.2) is 9.97 Å². The largest absolute Gasteiger partial charge is 0.396 e. The Morgan fingerprint density at radius 3 is 2.38 bits per heavy atom. The number of carbonyl (C=O) groups excluding carboxylic acids is 1. The highest BCUT2D eigenvalue weighted by Gasteiger charge is 2.70. The van der Waals surface area contributed by atoms with Gasteiger partial charge >= 0.3 is 12.5 Å². The summed E-state index contributed by atoms with van der Waals surface area (Å²) in [5.41, 5.74) is 4.64. The first-order valence-corrected chi connectivity index (χ1v) is 15.8. The lowest BCUT2D eigenvalue weighted by Crippen LogP contribution is -2.65. The van der Waals surface area contributed by atoms with E-state index in [1.54, 1.807) is 0 Å². The number of ether oxygens (including phenoxy) is 1. The van der Waals surface area contributed by atoms with Crippen LogP contribution >= 0.6 is 0 Å². The van der Waals surface area contributed by atoms with E-state index in [0.29, 0.717) is 53.5 Å². The Morgan fingerprint density at radius 1 is 1.00 bits per heavy atom. The first kappa shape index (κ1) is 28.1. The Balaban J connectivity index is 1.35. The third-order valence-corrected chi connectivity index (χ3v) is 14.2. The lowest BCUT2D eigenvalue weighted by molar-refractivity contribution is -0.228. The molecule has 6 rings (SSSR count). The van der Waals surface area contributed by atoms with Gasteiger partial charge in [0.1, 0.15) is 0 Å². The third-order valence-electron chi connectivity index (χ3n) is 14.2. The van der Waals surface area contributed by atoms with E-state index in [4.69, 9.17) is 4.74 Å². The third kappa shape index (κ3) is 3.58. The van der Waals surface area contributed by atoms with Crippen molar-refractivity contribution in [3.63, 3.8) is 0 Å². The SMILES string of the molecule is C=C(C)[C@@H]1CC[C@]2(CO)CC[C@]3(C)[C@H](CC[C@@H]4[C@@]5(C)CC=C(c6cnc(OC=O)nc6)C(C)(C)[C@@H]5CC[C@]43C)[C@@H]12. The molecule has 1 heterocycles. The number of carbonyl (C=O) groups is 1. The molecule has 1 N–H and O–H groups in total. The topological polar surface area (TPSA) is 72.3 Å². The highest BCUT2D eigenvalue weighted by atomic mass is 16.5. The molecular weight excluding hydrogens is 496 g/mol. The van der Waals surface area contributed by atoms with Crippen LogP contribution < -0.4 is 4.74 Å². The predicted molar refractivity (Wildman–Crippen MR) is 158 cm³/mol. The first-order chi connectivity index (χ1) is 18.9. The summed E-state index contributed by atoms with van der Waals surface area (Å²) in [5.74, 6) is 3.08. The second-order valence-electron chi connectivity index (χ2n) is 15.7. The van der Waals surface area contributed by atoms with Crippen molar-refractivity contribution < 1.29 is 14.6 Å². The standard InChI is InChI=1S/C35H50N2O3/c1-22(2)24-10-15-35(20-38)17-16-33(6)26(29(24)35)8-9-28-32(5)13-11-25(23-18-36-30(37-19-23)40-21-39)31(3,4)27(32)12-14-34(28,33)7/h11,18-19,21,24,26-29,38H,1,8-10,12-17,20H2,2-7H3/t24-,26+,27-,28+,29+,32-,33+,34+,35+/m0/s1. The Labute approximate surface area is 241 Å². The number of hydrogen-bond donors (Lipinski definition) is 1. The zero-order valence-corrected chi connectivity index (χ0v) is 25.6. The monoisotopic (exact) mass is 546 g/mol. The van der Waals surface area contributed by atoms with Crippen molar-refractivity contribution in [3.8, 4) is 6.01 Å². The summed E-state index contributed by atoms with van der Waals surface area (Å²) < 4.78 is 4.84. The van der Waals surface area contributed by atoms with Crippen LogP contribution in [0.1, 0.15) is 105 Å². The maximum atomic E-state index is 10.8. The molecule has 1 aromatic rings. The van der Waals surface area contributed by atoms with Crippen molar-refractivity contribution in [2.75, 3.05) is 6.61 Å². The molecule has 0 aliphatic heterocycles. The molecule has 0 bridgehead atoms. The Hall–Kier alpha value is -2.01. The van der Waals surface area contributed by atoms with Crippen LogP contribution in [0.25, 0.3) is 5.57 Å². The number of nitrogens with zero attached hydrogens (tertiary/aromatic N) is 2. The molecule has 9 atom stereocenters. The lowest BCUT2D eigenvalue weighted by atomic mass is 9.32. The molecule has 5 aliphatic rings. The molecule has 0 saturated heterocycles. The van der Waals surface area contributed by atoms with Gasteiger partial charge < -0.3 is 9.84 Å². The van der Waals surface area contributed by atoms with Gasteiger partial charge in [-0.15, -0.1) is 0 Å². The zero-order valence-electron chi connectivity index (χ0n) is 25.6. The number of fused-ring (bicyclic) bond motifs is 7. The number of aliphatic hydroxyl groups excluding tert-OH is 1. The second-order valence-corrected chi connectivity index (χ2v) is 15.7. The van der Waals surface area contributed by atoms with Gasteiger partial charge in [-0.1, -0.05) is 52.8 Å². The van der Waals surface area contributed by atoms with Gasteiger partial charge in [-0.3, -0.25) is 4.79 Å². The highest BCUT2D eigenvalue weighted by Crippen LogP contribution is 2.77. The van der Waals surface area contributed by atoms with Crippen LogP contribution in [0.3, 0.4) is 0 Å². The fourth-order valence-corrected chi connectivity index (χ4v) is 12.2. The highest BCUT2D eigenvalue weighted by molar-refractivity contribution is 5.70. The minimum absolute atomic E-state index is 0.00240. The first-order valence-electron chi connectivity index (χ1n) is 15.8. The molecular formula is C35H50N2O3. The van der Waals surface area contributed by atoms with E-state index in [9.17, 15) is 9.90 Å². The lowest BCUT2D eigenvalue weighted by Gasteiger charge is -2.72. The van der Waals surface area contributed by atoms with Crippen LogP contribution in [0.4, 0.5) is 0 Å². The van der Waals surface area contributed by atoms with Crippen molar-refractivity contribution in [2.45, 2.75) is 99.3 Å². The fourth-order valence-electron chi connectivity index (χ4n) is 12.2. The molecule has 0 spiro atoms. The Bertz CT molecular complexity index is 1220. The summed E-state index contributed by atoms with van der Waals surface area (Å²) in [7, 11) is 0. The van der Waals surface area contributed by atoms with Gasteiger partial charge in [0, 0.05) is 24.6 Å². The number of rotatable bonds is 5. The van der Waals surface area contributed by atoms with Gasteiger partial charge in [0.15, 0.2) is 0 Å². The van der Waals surface area contributed by atoms with Gasteiger partial charge in [0.2, 0.25) is 0 Å². The summed E-state index contributed by atoms with van der Waals surface area (Å²) in [4.78, 5) is 19.3.